The van der Waals surface area contributed by atoms with Crippen molar-refractivity contribution >= 4 is 10.0 Å². The molecule has 0 radical (unpaired) electrons. The number of nitriles is 1. The Morgan fingerprint density at radius 1 is 1.40 bits per heavy atom. The number of rotatable bonds is 4. The summed E-state index contributed by atoms with van der Waals surface area (Å²) in [5.41, 5.74) is 0. The van der Waals surface area contributed by atoms with Crippen LogP contribution in [0.2, 0.25) is 0 Å². The Labute approximate surface area is 91.7 Å². The number of sulfonamides is 1. The molecule has 1 saturated carbocycles. The molecule has 0 amide bonds. The molecule has 1 atom stereocenters. The first-order chi connectivity index (χ1) is 7.10. The summed E-state index contributed by atoms with van der Waals surface area (Å²) in [5, 5.41) is 7.82. The zero-order valence-electron chi connectivity index (χ0n) is 9.07. The lowest BCUT2D eigenvalue weighted by atomic mass is 9.96. The van der Waals surface area contributed by atoms with E-state index in [0.29, 0.717) is 6.42 Å². The van der Waals surface area contributed by atoms with Crippen LogP contribution in [0.1, 0.15) is 45.4 Å². The van der Waals surface area contributed by atoms with Crippen molar-refractivity contribution in [3.63, 3.8) is 0 Å². The van der Waals surface area contributed by atoms with Crippen molar-refractivity contribution in [2.45, 2.75) is 56.7 Å². The highest BCUT2D eigenvalue weighted by molar-refractivity contribution is 7.90. The van der Waals surface area contributed by atoms with Crippen LogP contribution in [0, 0.1) is 11.3 Å². The molecule has 0 aromatic heterocycles. The van der Waals surface area contributed by atoms with Crippen LogP contribution in [-0.2, 0) is 10.0 Å². The molecular weight excluding hydrogens is 212 g/mol. The Bertz CT molecular complexity index is 326. The van der Waals surface area contributed by atoms with Crippen LogP contribution in [0.3, 0.4) is 0 Å². The molecule has 0 aromatic carbocycles. The quantitative estimate of drug-likeness (QED) is 0.796. The first kappa shape index (κ1) is 12.5. The van der Waals surface area contributed by atoms with Gasteiger partial charge in [-0.1, -0.05) is 26.2 Å². The van der Waals surface area contributed by atoms with Gasteiger partial charge in [0.2, 0.25) is 10.0 Å². The zero-order chi connectivity index (χ0) is 11.3. The molecule has 0 heterocycles. The van der Waals surface area contributed by atoms with Gasteiger partial charge in [0.15, 0.2) is 5.25 Å². The third-order valence-electron chi connectivity index (χ3n) is 2.83. The first-order valence-electron chi connectivity index (χ1n) is 5.51. The maximum atomic E-state index is 11.7. The predicted octanol–water partition coefficient (Wildman–Crippen LogP) is 1.54. The zero-order valence-corrected chi connectivity index (χ0v) is 9.89. The Kier molecular flexibility index (Phi) is 4.55. The van der Waals surface area contributed by atoms with Gasteiger partial charge in [0.1, 0.15) is 0 Å². The van der Waals surface area contributed by atoms with E-state index in [1.807, 2.05) is 6.07 Å². The van der Waals surface area contributed by atoms with E-state index in [0.717, 1.165) is 25.7 Å². The molecule has 86 valence electrons. The lowest BCUT2D eigenvalue weighted by Crippen LogP contribution is -2.41. The summed E-state index contributed by atoms with van der Waals surface area (Å²) < 4.78 is 26.1. The van der Waals surface area contributed by atoms with Crippen LogP contribution in [0.5, 0.6) is 0 Å². The fourth-order valence-electron chi connectivity index (χ4n) is 1.91. The molecule has 0 spiro atoms. The highest BCUT2D eigenvalue weighted by Gasteiger charge is 2.27. The second-order valence-electron chi connectivity index (χ2n) is 4.02. The summed E-state index contributed by atoms with van der Waals surface area (Å²) >= 11 is 0. The Morgan fingerprint density at radius 2 is 2.00 bits per heavy atom. The Balaban J connectivity index is 2.59. The van der Waals surface area contributed by atoms with Crippen LogP contribution >= 0.6 is 0 Å². The van der Waals surface area contributed by atoms with Gasteiger partial charge in [0.05, 0.1) is 6.07 Å². The summed E-state index contributed by atoms with van der Waals surface area (Å²) in [4.78, 5) is 0. The minimum Gasteiger partial charge on any atom is -0.211 e. The predicted molar refractivity (Wildman–Crippen MR) is 58.6 cm³/mol. The van der Waals surface area contributed by atoms with Crippen LogP contribution in [0.15, 0.2) is 0 Å². The number of hydrogen-bond acceptors (Lipinski definition) is 3. The fourth-order valence-corrected chi connectivity index (χ4v) is 3.36. The van der Waals surface area contributed by atoms with Crippen molar-refractivity contribution in [2.24, 2.45) is 0 Å². The van der Waals surface area contributed by atoms with Gasteiger partial charge in [-0.15, -0.1) is 0 Å². The average molecular weight is 230 g/mol. The summed E-state index contributed by atoms with van der Waals surface area (Å²) in [7, 11) is -3.43. The summed E-state index contributed by atoms with van der Waals surface area (Å²) in [6.07, 6.45) is 5.50. The molecular formula is C10H18N2O2S. The smallest absolute Gasteiger partial charge is 0.211 e. The molecule has 0 saturated heterocycles. The molecule has 0 bridgehead atoms. The molecule has 1 fully saturated rings. The van der Waals surface area contributed by atoms with Gasteiger partial charge >= 0.3 is 0 Å². The lowest BCUT2D eigenvalue weighted by Gasteiger charge is -2.23. The van der Waals surface area contributed by atoms with Gasteiger partial charge in [-0.05, 0) is 19.3 Å². The van der Waals surface area contributed by atoms with Gasteiger partial charge in [0.25, 0.3) is 0 Å². The Morgan fingerprint density at radius 3 is 2.47 bits per heavy atom. The van der Waals surface area contributed by atoms with E-state index in [2.05, 4.69) is 4.72 Å². The van der Waals surface area contributed by atoms with Crippen molar-refractivity contribution in [3.05, 3.63) is 0 Å². The largest absolute Gasteiger partial charge is 0.228 e. The summed E-state index contributed by atoms with van der Waals surface area (Å²) in [5.74, 6) is 0. The lowest BCUT2D eigenvalue weighted by molar-refractivity contribution is 0.411. The molecule has 15 heavy (non-hydrogen) atoms. The fraction of sp³-hybridized carbons (Fsp3) is 0.900. The highest BCUT2D eigenvalue weighted by atomic mass is 32.2. The van der Waals surface area contributed by atoms with E-state index in [4.69, 9.17) is 5.26 Å². The van der Waals surface area contributed by atoms with Crippen molar-refractivity contribution in [1.82, 2.24) is 4.72 Å². The molecule has 1 unspecified atom stereocenters. The van der Waals surface area contributed by atoms with E-state index >= 15 is 0 Å². The Hall–Kier alpha value is -0.600. The number of nitrogens with zero attached hydrogens (tertiary/aromatic N) is 1. The maximum Gasteiger partial charge on any atom is 0.228 e. The SMILES string of the molecule is CCC(C#N)S(=O)(=O)NC1CCCCC1. The van der Waals surface area contributed by atoms with Crippen molar-refractivity contribution in [1.29, 1.82) is 5.26 Å². The monoisotopic (exact) mass is 230 g/mol. The topological polar surface area (TPSA) is 70.0 Å². The minimum absolute atomic E-state index is 0.0474. The number of hydrogen-bond donors (Lipinski definition) is 1. The van der Waals surface area contributed by atoms with E-state index in [9.17, 15) is 8.42 Å². The average Bonchev–Trinajstić information content (AvgIpc) is 2.19. The first-order valence-corrected chi connectivity index (χ1v) is 7.05. The summed E-state index contributed by atoms with van der Waals surface area (Å²) in [6, 6.07) is 1.88. The van der Waals surface area contributed by atoms with Gasteiger partial charge in [-0.2, -0.15) is 5.26 Å². The van der Waals surface area contributed by atoms with Crippen LogP contribution < -0.4 is 4.72 Å². The molecule has 5 heteroatoms. The molecule has 1 aliphatic rings. The highest BCUT2D eigenvalue weighted by Crippen LogP contribution is 2.19. The molecule has 4 nitrogen and oxygen atoms in total. The van der Waals surface area contributed by atoms with Crippen molar-refractivity contribution in [2.75, 3.05) is 0 Å². The van der Waals surface area contributed by atoms with Crippen molar-refractivity contribution < 1.29 is 8.42 Å². The van der Waals surface area contributed by atoms with Gasteiger partial charge < -0.3 is 0 Å². The normalized spacial score (nSPS) is 20.8. The van der Waals surface area contributed by atoms with Gasteiger partial charge in [-0.3, -0.25) is 0 Å². The van der Waals surface area contributed by atoms with Crippen LogP contribution in [0.25, 0.3) is 0 Å². The van der Waals surface area contributed by atoms with E-state index in [1.54, 1.807) is 6.92 Å². The third-order valence-corrected chi connectivity index (χ3v) is 4.68. The standard InChI is InChI=1S/C10H18N2O2S/c1-2-10(8-11)15(13,14)12-9-6-4-3-5-7-9/h9-10,12H,2-7H2,1H3. The number of nitrogens with one attached hydrogen (secondary N) is 1. The third kappa shape index (κ3) is 3.47. The molecule has 0 aliphatic heterocycles. The van der Waals surface area contributed by atoms with E-state index < -0.39 is 15.3 Å². The van der Waals surface area contributed by atoms with Gasteiger partial charge in [-0.25, -0.2) is 13.1 Å². The molecule has 0 aromatic rings. The molecule has 1 aliphatic carbocycles. The second-order valence-corrected chi connectivity index (χ2v) is 5.92. The summed E-state index contributed by atoms with van der Waals surface area (Å²) in [6.45, 7) is 1.72. The minimum atomic E-state index is -3.43. The second kappa shape index (κ2) is 5.47. The van der Waals surface area contributed by atoms with Crippen LogP contribution in [0.4, 0.5) is 0 Å². The molecule has 1 rings (SSSR count). The van der Waals surface area contributed by atoms with Crippen molar-refractivity contribution in [3.8, 4) is 6.07 Å². The van der Waals surface area contributed by atoms with Crippen LogP contribution in [-0.4, -0.2) is 19.7 Å². The van der Waals surface area contributed by atoms with Gasteiger partial charge in [0, 0.05) is 6.04 Å². The van der Waals surface area contributed by atoms with E-state index in [-0.39, 0.29) is 6.04 Å². The maximum absolute atomic E-state index is 11.7. The van der Waals surface area contributed by atoms with E-state index in [1.165, 1.54) is 6.42 Å². The molecule has 1 N–H and O–H groups in total.